The fourth-order valence-corrected chi connectivity index (χ4v) is 2.79. The molecule has 1 saturated heterocycles. The number of anilines is 1. The number of aromatic nitrogens is 2. The van der Waals surface area contributed by atoms with Crippen LogP contribution in [0.5, 0.6) is 0 Å². The van der Waals surface area contributed by atoms with Crippen LogP contribution in [0.3, 0.4) is 0 Å². The van der Waals surface area contributed by atoms with Crippen LogP contribution in [0.25, 0.3) is 0 Å². The van der Waals surface area contributed by atoms with E-state index in [1.54, 1.807) is 18.6 Å². The largest absolute Gasteiger partial charge is 0.380 e. The molecule has 5 heteroatoms. The molecule has 1 atom stereocenters. The highest BCUT2D eigenvalue weighted by atomic mass is 32.1. The van der Waals surface area contributed by atoms with E-state index < -0.39 is 0 Å². The molecular weight excluding hydrogens is 210 g/mol. The van der Waals surface area contributed by atoms with Crippen LogP contribution in [0.2, 0.25) is 0 Å². The second-order valence-electron chi connectivity index (χ2n) is 4.30. The topological polar surface area (TPSA) is 38.2 Å². The first-order valence-corrected chi connectivity index (χ1v) is 6.25. The van der Waals surface area contributed by atoms with Crippen LogP contribution < -0.4 is 4.90 Å². The van der Waals surface area contributed by atoms with E-state index in [2.05, 4.69) is 14.3 Å². The van der Waals surface area contributed by atoms with Crippen molar-refractivity contribution in [3.63, 3.8) is 0 Å². The molecule has 0 radical (unpaired) electrons. The van der Waals surface area contributed by atoms with Crippen LogP contribution in [0.4, 0.5) is 5.95 Å². The van der Waals surface area contributed by atoms with Crippen LogP contribution in [-0.2, 0) is 4.74 Å². The van der Waals surface area contributed by atoms with Gasteiger partial charge in [-0.15, -0.1) is 0 Å². The monoisotopic (exact) mass is 225 g/mol. The van der Waals surface area contributed by atoms with Crippen LogP contribution in [0.15, 0.2) is 0 Å². The highest BCUT2D eigenvalue weighted by molar-refractivity contribution is 7.05. The smallest absolute Gasteiger partial charge is 0.237 e. The second-order valence-corrected chi connectivity index (χ2v) is 5.08. The zero-order valence-corrected chi connectivity index (χ0v) is 9.66. The minimum Gasteiger partial charge on any atom is -0.380 e. The molecule has 2 fully saturated rings. The third-order valence-corrected chi connectivity index (χ3v) is 3.99. The van der Waals surface area contributed by atoms with E-state index in [0.29, 0.717) is 6.10 Å². The van der Waals surface area contributed by atoms with Gasteiger partial charge in [-0.3, -0.25) is 0 Å². The quantitative estimate of drug-likeness (QED) is 0.784. The van der Waals surface area contributed by atoms with E-state index in [0.717, 1.165) is 31.4 Å². The van der Waals surface area contributed by atoms with Gasteiger partial charge in [0, 0.05) is 26.1 Å². The maximum absolute atomic E-state index is 5.34. The molecule has 2 heterocycles. The number of rotatable bonds is 3. The summed E-state index contributed by atoms with van der Waals surface area (Å²) >= 11 is 1.57. The molecule has 0 bridgehead atoms. The summed E-state index contributed by atoms with van der Waals surface area (Å²) in [5.41, 5.74) is 0. The van der Waals surface area contributed by atoms with E-state index >= 15 is 0 Å². The van der Waals surface area contributed by atoms with E-state index in [-0.39, 0.29) is 0 Å². The minimum atomic E-state index is 0.359. The minimum absolute atomic E-state index is 0.359. The Morgan fingerprint density at radius 2 is 2.27 bits per heavy atom. The Morgan fingerprint density at radius 3 is 2.93 bits per heavy atom. The molecule has 1 aromatic heterocycles. The summed E-state index contributed by atoms with van der Waals surface area (Å²) < 4.78 is 9.76. The summed E-state index contributed by atoms with van der Waals surface area (Å²) in [6, 6.07) is 0. The van der Waals surface area contributed by atoms with E-state index in [4.69, 9.17) is 4.74 Å². The highest BCUT2D eigenvalue weighted by Crippen LogP contribution is 2.41. The normalized spacial score (nSPS) is 26.2. The lowest BCUT2D eigenvalue weighted by atomic mass is 10.3. The third kappa shape index (κ3) is 1.86. The summed E-state index contributed by atoms with van der Waals surface area (Å²) in [4.78, 5) is 6.83. The SMILES string of the molecule is CO[C@@H]1CCN(c2nsc(C3CC3)n2)C1. The Kier molecular flexibility index (Phi) is 2.36. The summed E-state index contributed by atoms with van der Waals surface area (Å²) in [6.07, 6.45) is 4.05. The van der Waals surface area contributed by atoms with Crippen molar-refractivity contribution in [2.45, 2.75) is 31.3 Å². The first-order valence-electron chi connectivity index (χ1n) is 5.48. The molecule has 0 unspecified atom stereocenters. The third-order valence-electron chi connectivity index (χ3n) is 3.12. The molecule has 2 aliphatic rings. The molecular formula is C10H15N3OS. The fraction of sp³-hybridized carbons (Fsp3) is 0.800. The summed E-state index contributed by atoms with van der Waals surface area (Å²) in [5, 5.41) is 1.23. The Labute approximate surface area is 93.4 Å². The number of nitrogens with zero attached hydrogens (tertiary/aromatic N) is 3. The molecule has 0 amide bonds. The highest BCUT2D eigenvalue weighted by Gasteiger charge is 2.30. The molecule has 3 rings (SSSR count). The van der Waals surface area contributed by atoms with Crippen molar-refractivity contribution >= 4 is 17.5 Å². The predicted octanol–water partition coefficient (Wildman–Crippen LogP) is 1.64. The van der Waals surface area contributed by atoms with E-state index in [1.807, 2.05) is 0 Å². The van der Waals surface area contributed by atoms with Gasteiger partial charge in [0.1, 0.15) is 5.01 Å². The van der Waals surface area contributed by atoms with Gasteiger partial charge in [0.2, 0.25) is 5.95 Å². The zero-order chi connectivity index (χ0) is 10.3. The van der Waals surface area contributed by atoms with Gasteiger partial charge in [0.25, 0.3) is 0 Å². The average Bonchev–Trinajstić information content (AvgIpc) is 2.84. The van der Waals surface area contributed by atoms with Gasteiger partial charge >= 0.3 is 0 Å². The molecule has 82 valence electrons. The molecule has 1 aromatic rings. The molecule has 4 nitrogen and oxygen atoms in total. The molecule has 0 aromatic carbocycles. The van der Waals surface area contributed by atoms with Crippen LogP contribution >= 0.6 is 11.5 Å². The molecule has 0 spiro atoms. The van der Waals surface area contributed by atoms with E-state index in [9.17, 15) is 0 Å². The Morgan fingerprint density at radius 1 is 1.40 bits per heavy atom. The lowest BCUT2D eigenvalue weighted by Gasteiger charge is -2.12. The number of methoxy groups -OCH3 is 1. The average molecular weight is 225 g/mol. The Bertz CT molecular complexity index is 350. The molecule has 15 heavy (non-hydrogen) atoms. The lowest BCUT2D eigenvalue weighted by molar-refractivity contribution is 0.121. The Balaban J connectivity index is 1.70. The molecule has 1 saturated carbocycles. The first-order chi connectivity index (χ1) is 7.36. The number of hydrogen-bond acceptors (Lipinski definition) is 5. The van der Waals surface area contributed by atoms with Gasteiger partial charge in [0.05, 0.1) is 6.10 Å². The maximum atomic E-state index is 5.34. The van der Waals surface area contributed by atoms with Crippen LogP contribution in [0, 0.1) is 0 Å². The summed E-state index contributed by atoms with van der Waals surface area (Å²) in [5.74, 6) is 1.64. The standard InChI is InChI=1S/C10H15N3OS/c1-14-8-4-5-13(6-8)10-11-9(15-12-10)7-2-3-7/h7-8H,2-6H2,1H3/t8-/m1/s1. The van der Waals surface area contributed by atoms with Crippen LogP contribution in [-0.4, -0.2) is 35.7 Å². The van der Waals surface area contributed by atoms with Crippen LogP contribution in [0.1, 0.15) is 30.2 Å². The second kappa shape index (κ2) is 3.72. The number of ether oxygens (including phenoxy) is 1. The first kappa shape index (κ1) is 9.54. The summed E-state index contributed by atoms with van der Waals surface area (Å²) in [7, 11) is 1.78. The molecule has 0 N–H and O–H groups in total. The van der Waals surface area contributed by atoms with Crippen molar-refractivity contribution in [1.29, 1.82) is 0 Å². The van der Waals surface area contributed by atoms with Gasteiger partial charge in [-0.25, -0.2) is 4.98 Å². The maximum Gasteiger partial charge on any atom is 0.237 e. The van der Waals surface area contributed by atoms with Gasteiger partial charge in [-0.2, -0.15) is 4.37 Å². The van der Waals surface area contributed by atoms with Crippen molar-refractivity contribution in [1.82, 2.24) is 9.36 Å². The van der Waals surface area contributed by atoms with Crippen molar-refractivity contribution in [3.05, 3.63) is 5.01 Å². The van der Waals surface area contributed by atoms with Gasteiger partial charge in [-0.05, 0) is 30.8 Å². The van der Waals surface area contributed by atoms with E-state index in [1.165, 1.54) is 17.8 Å². The molecule has 1 aliphatic carbocycles. The van der Waals surface area contributed by atoms with Crippen molar-refractivity contribution in [2.24, 2.45) is 0 Å². The lowest BCUT2D eigenvalue weighted by Crippen LogP contribution is -2.23. The van der Waals surface area contributed by atoms with Crippen molar-refractivity contribution in [3.8, 4) is 0 Å². The fourth-order valence-electron chi connectivity index (χ4n) is 1.95. The van der Waals surface area contributed by atoms with Crippen molar-refractivity contribution in [2.75, 3.05) is 25.1 Å². The molecule has 1 aliphatic heterocycles. The summed E-state index contributed by atoms with van der Waals surface area (Å²) in [6.45, 7) is 1.97. The van der Waals surface area contributed by atoms with Gasteiger partial charge < -0.3 is 9.64 Å². The predicted molar refractivity (Wildman–Crippen MR) is 59.5 cm³/mol. The van der Waals surface area contributed by atoms with Crippen molar-refractivity contribution < 1.29 is 4.74 Å². The Hall–Kier alpha value is -0.680. The number of hydrogen-bond donors (Lipinski definition) is 0. The zero-order valence-electron chi connectivity index (χ0n) is 8.85. The van der Waals surface area contributed by atoms with Gasteiger partial charge in [0.15, 0.2) is 0 Å². The van der Waals surface area contributed by atoms with Gasteiger partial charge in [-0.1, -0.05) is 0 Å².